The van der Waals surface area contributed by atoms with Gasteiger partial charge in [0.25, 0.3) is 0 Å². The van der Waals surface area contributed by atoms with Crippen molar-refractivity contribution in [2.75, 3.05) is 11.4 Å². The highest BCUT2D eigenvalue weighted by molar-refractivity contribution is 9.10. The first-order valence-corrected chi connectivity index (χ1v) is 7.58. The lowest BCUT2D eigenvalue weighted by Gasteiger charge is -2.27. The van der Waals surface area contributed by atoms with Crippen molar-refractivity contribution in [1.82, 2.24) is 0 Å². The molecule has 0 atom stereocenters. The minimum atomic E-state index is -0.855. The standard InChI is InChI=1S/C15H20BrNO2/c1-10(2)7-8-17(12-4-5-12)14-6-3-11(16)9-13(14)15(18)19/h3,6,9-10,12H,4-5,7-8H2,1-2H3,(H,18,19). The third-order valence-corrected chi connectivity index (χ3v) is 3.93. The predicted molar refractivity (Wildman–Crippen MR) is 80.9 cm³/mol. The molecule has 0 amide bonds. The Kier molecular flexibility index (Phi) is 4.50. The van der Waals surface area contributed by atoms with Crippen LogP contribution < -0.4 is 4.90 Å². The largest absolute Gasteiger partial charge is 0.478 e. The number of rotatable bonds is 6. The molecule has 1 aliphatic carbocycles. The minimum absolute atomic E-state index is 0.394. The van der Waals surface area contributed by atoms with Gasteiger partial charge in [0.15, 0.2) is 0 Å². The van der Waals surface area contributed by atoms with Crippen LogP contribution in [0.2, 0.25) is 0 Å². The van der Waals surface area contributed by atoms with E-state index in [4.69, 9.17) is 0 Å². The van der Waals surface area contributed by atoms with Crippen molar-refractivity contribution in [3.8, 4) is 0 Å². The van der Waals surface area contributed by atoms with E-state index >= 15 is 0 Å². The number of hydrogen-bond donors (Lipinski definition) is 1. The van der Waals surface area contributed by atoms with Crippen LogP contribution in [0, 0.1) is 5.92 Å². The van der Waals surface area contributed by atoms with Gasteiger partial charge in [-0.3, -0.25) is 0 Å². The summed E-state index contributed by atoms with van der Waals surface area (Å²) in [5.74, 6) is -0.225. The lowest BCUT2D eigenvalue weighted by Crippen LogP contribution is -2.29. The molecule has 0 aromatic heterocycles. The van der Waals surface area contributed by atoms with Gasteiger partial charge in [-0.2, -0.15) is 0 Å². The molecule has 1 saturated carbocycles. The molecule has 0 aliphatic heterocycles. The van der Waals surface area contributed by atoms with E-state index in [1.54, 1.807) is 6.07 Å². The molecular formula is C15H20BrNO2. The number of carboxylic acids is 1. The van der Waals surface area contributed by atoms with Crippen molar-refractivity contribution in [2.24, 2.45) is 5.92 Å². The number of carboxylic acid groups (broad SMARTS) is 1. The zero-order valence-corrected chi connectivity index (χ0v) is 13.0. The number of hydrogen-bond acceptors (Lipinski definition) is 2. The maximum Gasteiger partial charge on any atom is 0.337 e. The van der Waals surface area contributed by atoms with Gasteiger partial charge in [0.2, 0.25) is 0 Å². The number of aromatic carboxylic acids is 1. The SMILES string of the molecule is CC(C)CCN(c1ccc(Br)cc1C(=O)O)C1CC1. The predicted octanol–water partition coefficient (Wildman–Crippen LogP) is 4.16. The van der Waals surface area contributed by atoms with Crippen LogP contribution in [0.1, 0.15) is 43.5 Å². The van der Waals surface area contributed by atoms with Gasteiger partial charge in [-0.1, -0.05) is 29.8 Å². The molecule has 1 aliphatic rings. The van der Waals surface area contributed by atoms with Crippen molar-refractivity contribution in [2.45, 2.75) is 39.2 Å². The van der Waals surface area contributed by atoms with Crippen LogP contribution in [0.25, 0.3) is 0 Å². The third kappa shape index (κ3) is 3.72. The Labute approximate surface area is 122 Å². The van der Waals surface area contributed by atoms with Crippen LogP contribution >= 0.6 is 15.9 Å². The lowest BCUT2D eigenvalue weighted by molar-refractivity contribution is 0.0697. The van der Waals surface area contributed by atoms with E-state index in [-0.39, 0.29) is 0 Å². The summed E-state index contributed by atoms with van der Waals surface area (Å²) in [7, 11) is 0. The smallest absolute Gasteiger partial charge is 0.337 e. The Morgan fingerprint density at radius 3 is 2.68 bits per heavy atom. The lowest BCUT2D eigenvalue weighted by atomic mass is 10.1. The molecule has 4 heteroatoms. The van der Waals surface area contributed by atoms with Gasteiger partial charge in [-0.15, -0.1) is 0 Å². The molecule has 0 unspecified atom stereocenters. The number of halogens is 1. The Hall–Kier alpha value is -1.03. The van der Waals surface area contributed by atoms with Gasteiger partial charge < -0.3 is 10.0 Å². The molecule has 2 rings (SSSR count). The van der Waals surface area contributed by atoms with Gasteiger partial charge in [-0.05, 0) is 43.4 Å². The van der Waals surface area contributed by atoms with E-state index in [9.17, 15) is 9.90 Å². The van der Waals surface area contributed by atoms with Crippen LogP contribution in [0.15, 0.2) is 22.7 Å². The summed E-state index contributed by atoms with van der Waals surface area (Å²) in [6.07, 6.45) is 3.44. The Morgan fingerprint density at radius 2 is 2.16 bits per heavy atom. The quantitative estimate of drug-likeness (QED) is 0.853. The minimum Gasteiger partial charge on any atom is -0.478 e. The van der Waals surface area contributed by atoms with Gasteiger partial charge in [-0.25, -0.2) is 4.79 Å². The first-order valence-electron chi connectivity index (χ1n) is 6.78. The second-order valence-corrected chi connectivity index (χ2v) is 6.49. The summed E-state index contributed by atoms with van der Waals surface area (Å²) in [5.41, 5.74) is 1.25. The first-order chi connectivity index (χ1) is 8.99. The second-order valence-electron chi connectivity index (χ2n) is 5.57. The highest BCUT2D eigenvalue weighted by Gasteiger charge is 2.31. The van der Waals surface area contributed by atoms with Crippen LogP contribution in [-0.4, -0.2) is 23.7 Å². The van der Waals surface area contributed by atoms with Gasteiger partial charge in [0.05, 0.1) is 11.3 Å². The normalized spacial score (nSPS) is 14.7. The molecule has 19 heavy (non-hydrogen) atoms. The van der Waals surface area contributed by atoms with Crippen molar-refractivity contribution < 1.29 is 9.90 Å². The maximum absolute atomic E-state index is 11.4. The zero-order chi connectivity index (χ0) is 14.0. The first kappa shape index (κ1) is 14.4. The van der Waals surface area contributed by atoms with Crippen molar-refractivity contribution in [3.05, 3.63) is 28.2 Å². The number of anilines is 1. The molecule has 0 radical (unpaired) electrons. The fourth-order valence-corrected chi connectivity index (χ4v) is 2.57. The molecule has 104 valence electrons. The summed E-state index contributed by atoms with van der Waals surface area (Å²) in [4.78, 5) is 13.7. The molecule has 1 aromatic carbocycles. The fraction of sp³-hybridized carbons (Fsp3) is 0.533. The van der Waals surface area contributed by atoms with Crippen LogP contribution in [0.3, 0.4) is 0 Å². The van der Waals surface area contributed by atoms with Crippen LogP contribution in [-0.2, 0) is 0 Å². The molecule has 0 bridgehead atoms. The van der Waals surface area contributed by atoms with Crippen LogP contribution in [0.5, 0.6) is 0 Å². The summed E-state index contributed by atoms with van der Waals surface area (Å²) in [6.45, 7) is 5.33. The van der Waals surface area contributed by atoms with Gasteiger partial charge in [0, 0.05) is 17.1 Å². The fourth-order valence-electron chi connectivity index (χ4n) is 2.21. The van der Waals surface area contributed by atoms with Crippen molar-refractivity contribution in [3.63, 3.8) is 0 Å². The Bertz CT molecular complexity index is 469. The molecule has 3 nitrogen and oxygen atoms in total. The highest BCUT2D eigenvalue weighted by Crippen LogP contribution is 2.35. The summed E-state index contributed by atoms with van der Waals surface area (Å²) in [6, 6.07) is 6.07. The van der Waals surface area contributed by atoms with Gasteiger partial charge >= 0.3 is 5.97 Å². The number of benzene rings is 1. The van der Waals surface area contributed by atoms with E-state index in [0.29, 0.717) is 17.5 Å². The topological polar surface area (TPSA) is 40.5 Å². The molecule has 0 spiro atoms. The van der Waals surface area contributed by atoms with E-state index in [2.05, 4.69) is 34.7 Å². The second kappa shape index (κ2) is 5.95. The summed E-state index contributed by atoms with van der Waals surface area (Å²) in [5, 5.41) is 9.37. The molecule has 0 heterocycles. The van der Waals surface area contributed by atoms with E-state index in [1.807, 2.05) is 12.1 Å². The van der Waals surface area contributed by atoms with Gasteiger partial charge in [0.1, 0.15) is 0 Å². The maximum atomic E-state index is 11.4. The number of nitrogens with zero attached hydrogens (tertiary/aromatic N) is 1. The zero-order valence-electron chi connectivity index (χ0n) is 11.4. The van der Waals surface area contributed by atoms with E-state index in [0.717, 1.165) is 23.1 Å². The molecular weight excluding hydrogens is 306 g/mol. The molecule has 1 fully saturated rings. The van der Waals surface area contributed by atoms with Crippen LogP contribution in [0.4, 0.5) is 5.69 Å². The molecule has 0 saturated heterocycles. The van der Waals surface area contributed by atoms with Crippen molar-refractivity contribution >= 4 is 27.6 Å². The van der Waals surface area contributed by atoms with E-state index in [1.165, 1.54) is 12.8 Å². The average molecular weight is 326 g/mol. The van der Waals surface area contributed by atoms with E-state index < -0.39 is 5.97 Å². The average Bonchev–Trinajstić information content (AvgIpc) is 3.14. The number of carbonyl (C=O) groups is 1. The molecule has 1 N–H and O–H groups in total. The molecule has 1 aromatic rings. The highest BCUT2D eigenvalue weighted by atomic mass is 79.9. The summed E-state index contributed by atoms with van der Waals surface area (Å²) >= 11 is 3.35. The monoisotopic (exact) mass is 325 g/mol. The van der Waals surface area contributed by atoms with Crippen molar-refractivity contribution in [1.29, 1.82) is 0 Å². The Balaban J connectivity index is 2.28. The Morgan fingerprint density at radius 1 is 1.47 bits per heavy atom. The third-order valence-electron chi connectivity index (χ3n) is 3.43. The summed E-state index contributed by atoms with van der Waals surface area (Å²) < 4.78 is 0.813.